The molecule has 2 aliphatic heterocycles. The summed E-state index contributed by atoms with van der Waals surface area (Å²) in [6, 6.07) is 9.29. The summed E-state index contributed by atoms with van der Waals surface area (Å²) in [6.07, 6.45) is 2.92. The van der Waals surface area contributed by atoms with Crippen molar-refractivity contribution in [3.05, 3.63) is 35.9 Å². The molecular weight excluding hydrogens is 545 g/mol. The zero-order chi connectivity index (χ0) is 27.8. The topological polar surface area (TPSA) is 99.2 Å². The highest BCUT2D eigenvalue weighted by atomic mass is 32.2. The molecule has 1 unspecified atom stereocenters. The number of carbonyl (C=O) groups excluding carboxylic acids is 3. The molecule has 2 atom stereocenters. The molecule has 1 aromatic carbocycles. The smallest absolute Gasteiger partial charge is 0.331 e. The molecular formula is C27H40NO7PS2. The first-order valence-corrected chi connectivity index (χ1v) is 17.1. The number of hydrogen-bond donors (Lipinski definition) is 0. The van der Waals surface area contributed by atoms with Crippen LogP contribution in [0.2, 0.25) is 0 Å². The predicted octanol–water partition coefficient (Wildman–Crippen LogP) is 5.19. The zero-order valence-electron chi connectivity index (χ0n) is 22.8. The predicted molar refractivity (Wildman–Crippen MR) is 153 cm³/mol. The summed E-state index contributed by atoms with van der Waals surface area (Å²) in [5, 5.41) is 0. The van der Waals surface area contributed by atoms with Crippen LogP contribution in [0.25, 0.3) is 0 Å². The Morgan fingerprint density at radius 1 is 1.08 bits per heavy atom. The zero-order valence-corrected chi connectivity index (χ0v) is 25.3. The van der Waals surface area contributed by atoms with E-state index in [1.807, 2.05) is 18.2 Å². The van der Waals surface area contributed by atoms with Gasteiger partial charge in [0, 0.05) is 30.6 Å². The van der Waals surface area contributed by atoms with Crippen LogP contribution in [-0.2, 0) is 39.4 Å². The Hall–Kier alpha value is -1.48. The lowest BCUT2D eigenvalue weighted by atomic mass is 9.98. The SMILES string of the molecule is CCOP(=O)(CCCCc1ccccc1)CC(=O)N1CC2(C[C@H]1C(=O)OCOC(=O)C(C)(C)C)SCCS2. The average Bonchev–Trinajstić information content (AvgIpc) is 3.49. The number of rotatable bonds is 12. The molecule has 2 saturated heterocycles. The molecule has 0 saturated carbocycles. The first kappa shape index (κ1) is 31.1. The second-order valence-corrected chi connectivity index (χ2v) is 16.5. The maximum absolute atomic E-state index is 13.7. The van der Waals surface area contributed by atoms with Gasteiger partial charge in [0.05, 0.1) is 16.1 Å². The fourth-order valence-electron chi connectivity index (χ4n) is 4.52. The molecule has 1 spiro atoms. The van der Waals surface area contributed by atoms with Crippen molar-refractivity contribution < 1.29 is 32.9 Å². The van der Waals surface area contributed by atoms with E-state index in [0.717, 1.165) is 24.3 Å². The van der Waals surface area contributed by atoms with Crippen molar-refractivity contribution in [3.8, 4) is 0 Å². The lowest BCUT2D eigenvalue weighted by Crippen LogP contribution is -2.43. The largest absolute Gasteiger partial charge is 0.427 e. The number of likely N-dealkylation sites (tertiary alicyclic amines) is 1. The van der Waals surface area contributed by atoms with Crippen LogP contribution >= 0.6 is 30.9 Å². The quantitative estimate of drug-likeness (QED) is 0.142. The van der Waals surface area contributed by atoms with Crippen LogP contribution in [0.3, 0.4) is 0 Å². The van der Waals surface area contributed by atoms with Gasteiger partial charge in [0.1, 0.15) is 12.2 Å². The van der Waals surface area contributed by atoms with E-state index in [1.165, 1.54) is 10.5 Å². The molecule has 2 fully saturated rings. The molecule has 1 aromatic rings. The molecule has 0 radical (unpaired) electrons. The number of unbranched alkanes of at least 4 members (excludes halogenated alkanes) is 1. The molecule has 0 aromatic heterocycles. The summed E-state index contributed by atoms with van der Waals surface area (Å²) in [4.78, 5) is 40.1. The van der Waals surface area contributed by atoms with Gasteiger partial charge in [0.2, 0.25) is 20.1 Å². The second kappa shape index (κ2) is 13.7. The molecule has 1 amide bonds. The summed E-state index contributed by atoms with van der Waals surface area (Å²) in [6.45, 7) is 7.05. The Balaban J connectivity index is 1.62. The maximum Gasteiger partial charge on any atom is 0.331 e. The van der Waals surface area contributed by atoms with E-state index in [0.29, 0.717) is 25.5 Å². The molecule has 212 valence electrons. The van der Waals surface area contributed by atoms with Gasteiger partial charge in [-0.2, -0.15) is 0 Å². The lowest BCUT2D eigenvalue weighted by molar-refractivity contribution is -0.176. The third-order valence-electron chi connectivity index (χ3n) is 6.50. The van der Waals surface area contributed by atoms with E-state index in [-0.39, 0.29) is 22.8 Å². The van der Waals surface area contributed by atoms with Crippen molar-refractivity contribution >= 4 is 48.7 Å². The molecule has 38 heavy (non-hydrogen) atoms. The van der Waals surface area contributed by atoms with Crippen LogP contribution in [0.1, 0.15) is 52.5 Å². The molecule has 11 heteroatoms. The van der Waals surface area contributed by atoms with Gasteiger partial charge in [-0.3, -0.25) is 14.2 Å². The van der Waals surface area contributed by atoms with Crippen molar-refractivity contribution in [3.63, 3.8) is 0 Å². The van der Waals surface area contributed by atoms with E-state index in [9.17, 15) is 18.9 Å². The van der Waals surface area contributed by atoms with Crippen LogP contribution in [-0.4, -0.2) is 76.6 Å². The molecule has 0 N–H and O–H groups in total. The maximum atomic E-state index is 13.7. The third-order valence-corrected chi connectivity index (χ3v) is 12.4. The number of thioether (sulfide) groups is 2. The van der Waals surface area contributed by atoms with Crippen LogP contribution < -0.4 is 0 Å². The van der Waals surface area contributed by atoms with Gasteiger partial charge in [-0.25, -0.2) is 4.79 Å². The van der Waals surface area contributed by atoms with Gasteiger partial charge in [-0.05, 0) is 52.5 Å². The van der Waals surface area contributed by atoms with E-state index in [1.54, 1.807) is 51.2 Å². The third kappa shape index (κ3) is 8.77. The van der Waals surface area contributed by atoms with Crippen molar-refractivity contribution in [2.45, 2.75) is 63.5 Å². The number of esters is 2. The van der Waals surface area contributed by atoms with Crippen LogP contribution in [0, 0.1) is 5.41 Å². The van der Waals surface area contributed by atoms with Crippen LogP contribution in [0.4, 0.5) is 0 Å². The number of ether oxygens (including phenoxy) is 2. The minimum atomic E-state index is -3.23. The van der Waals surface area contributed by atoms with Gasteiger partial charge < -0.3 is 18.9 Å². The van der Waals surface area contributed by atoms with Crippen molar-refractivity contribution in [2.75, 3.05) is 43.8 Å². The van der Waals surface area contributed by atoms with Gasteiger partial charge in [0.15, 0.2) is 0 Å². The van der Waals surface area contributed by atoms with E-state index in [4.69, 9.17) is 14.0 Å². The van der Waals surface area contributed by atoms with Crippen molar-refractivity contribution in [1.82, 2.24) is 4.90 Å². The summed E-state index contributed by atoms with van der Waals surface area (Å²) < 4.78 is 29.4. The van der Waals surface area contributed by atoms with Gasteiger partial charge in [-0.1, -0.05) is 30.3 Å². The Morgan fingerprint density at radius 3 is 2.39 bits per heavy atom. The summed E-state index contributed by atoms with van der Waals surface area (Å²) in [7, 11) is -3.23. The molecule has 2 heterocycles. The highest BCUT2D eigenvalue weighted by Gasteiger charge is 2.52. The summed E-state index contributed by atoms with van der Waals surface area (Å²) in [5.74, 6) is 0.433. The summed E-state index contributed by atoms with van der Waals surface area (Å²) >= 11 is 3.49. The van der Waals surface area contributed by atoms with Crippen LogP contribution in [0.15, 0.2) is 30.3 Å². The normalized spacial score (nSPS) is 20.3. The molecule has 3 rings (SSSR count). The first-order chi connectivity index (χ1) is 18.0. The Kier molecular flexibility index (Phi) is 11.2. The number of benzene rings is 1. The minimum absolute atomic E-state index is 0.236. The number of nitrogens with zero attached hydrogens (tertiary/aromatic N) is 1. The van der Waals surface area contributed by atoms with Crippen molar-refractivity contribution in [1.29, 1.82) is 0 Å². The molecule has 8 nitrogen and oxygen atoms in total. The Morgan fingerprint density at radius 2 is 1.76 bits per heavy atom. The number of amides is 1. The number of aryl methyl sites for hydroxylation is 1. The number of hydrogen-bond acceptors (Lipinski definition) is 9. The second-order valence-electron chi connectivity index (χ2n) is 10.7. The highest BCUT2D eigenvalue weighted by molar-refractivity contribution is 8.21. The number of carbonyl (C=O) groups is 3. The molecule has 2 aliphatic rings. The van der Waals surface area contributed by atoms with E-state index < -0.39 is 37.6 Å². The Bertz CT molecular complexity index is 1010. The van der Waals surface area contributed by atoms with Gasteiger partial charge in [0.25, 0.3) is 0 Å². The fraction of sp³-hybridized carbons (Fsp3) is 0.667. The van der Waals surface area contributed by atoms with Gasteiger partial charge >= 0.3 is 11.9 Å². The van der Waals surface area contributed by atoms with E-state index in [2.05, 4.69) is 12.1 Å². The monoisotopic (exact) mass is 585 g/mol. The molecule has 0 bridgehead atoms. The van der Waals surface area contributed by atoms with Gasteiger partial charge in [-0.15, -0.1) is 23.5 Å². The van der Waals surface area contributed by atoms with Crippen LogP contribution in [0.5, 0.6) is 0 Å². The average molecular weight is 586 g/mol. The Labute approximate surface area is 234 Å². The van der Waals surface area contributed by atoms with Crippen molar-refractivity contribution in [2.24, 2.45) is 5.41 Å². The highest BCUT2D eigenvalue weighted by Crippen LogP contribution is 2.53. The summed E-state index contributed by atoms with van der Waals surface area (Å²) in [5.41, 5.74) is 0.503. The van der Waals surface area contributed by atoms with E-state index >= 15 is 0 Å². The standard InChI is InChI=1S/C27H40NO7PS2/c1-5-35-36(32,14-10-9-13-21-11-7-6-8-12-21)18-23(29)28-19-27(37-15-16-38-27)17-22(28)24(30)33-20-34-25(31)26(2,3)4/h6-8,11-12,22H,5,9-10,13-20H2,1-4H3/t22-,36?/m0/s1. The first-order valence-electron chi connectivity index (χ1n) is 13.1. The molecule has 0 aliphatic carbocycles. The fourth-order valence-corrected chi connectivity index (χ4v) is 9.92. The minimum Gasteiger partial charge on any atom is -0.427 e. The lowest BCUT2D eigenvalue weighted by Gasteiger charge is -2.26.